The lowest BCUT2D eigenvalue weighted by Gasteiger charge is -2.30. The number of anilines is 1. The second-order valence-corrected chi connectivity index (χ2v) is 6.82. The maximum atomic E-state index is 13.0. The molecule has 136 valence electrons. The first-order chi connectivity index (χ1) is 12.5. The van der Waals surface area contributed by atoms with E-state index in [2.05, 4.69) is 15.4 Å². The molecule has 0 aromatic heterocycles. The number of rotatable bonds is 6. The largest absolute Gasteiger partial charge is 0.469 e. The summed E-state index contributed by atoms with van der Waals surface area (Å²) in [6.45, 7) is 0.416. The SMILES string of the molecule is COC(=O)CCCNC1(c2ccccc2Cl)C(=O)Nc2ccc(Cl)cc21. The van der Waals surface area contributed by atoms with Crippen molar-refractivity contribution >= 4 is 40.8 Å². The van der Waals surface area contributed by atoms with E-state index in [4.69, 9.17) is 23.2 Å². The third-order valence-electron chi connectivity index (χ3n) is 4.43. The Morgan fingerprint density at radius 1 is 1.19 bits per heavy atom. The van der Waals surface area contributed by atoms with Crippen molar-refractivity contribution in [1.82, 2.24) is 5.32 Å². The number of ether oxygens (including phenoxy) is 1. The van der Waals surface area contributed by atoms with Crippen LogP contribution in [0.5, 0.6) is 0 Å². The molecule has 0 spiro atoms. The Labute approximate surface area is 161 Å². The van der Waals surface area contributed by atoms with Gasteiger partial charge in [-0.2, -0.15) is 0 Å². The van der Waals surface area contributed by atoms with Gasteiger partial charge in [-0.05, 0) is 37.2 Å². The lowest BCUT2D eigenvalue weighted by molar-refractivity contribution is -0.140. The number of hydrogen-bond acceptors (Lipinski definition) is 4. The molecule has 1 heterocycles. The predicted octanol–water partition coefficient (Wildman–Crippen LogP) is 3.73. The number of methoxy groups -OCH3 is 1. The van der Waals surface area contributed by atoms with Crippen LogP contribution in [0.2, 0.25) is 10.0 Å². The maximum absolute atomic E-state index is 13.0. The van der Waals surface area contributed by atoms with Gasteiger partial charge in [-0.25, -0.2) is 0 Å². The van der Waals surface area contributed by atoms with E-state index >= 15 is 0 Å². The van der Waals surface area contributed by atoms with Crippen LogP contribution in [0.1, 0.15) is 24.0 Å². The van der Waals surface area contributed by atoms with Crippen molar-refractivity contribution in [3.8, 4) is 0 Å². The van der Waals surface area contributed by atoms with E-state index in [0.29, 0.717) is 39.8 Å². The van der Waals surface area contributed by atoms with Crippen LogP contribution in [-0.2, 0) is 19.9 Å². The zero-order chi connectivity index (χ0) is 18.7. The van der Waals surface area contributed by atoms with Gasteiger partial charge >= 0.3 is 5.97 Å². The highest BCUT2D eigenvalue weighted by molar-refractivity contribution is 6.32. The lowest BCUT2D eigenvalue weighted by Crippen LogP contribution is -2.49. The number of hydrogen-bond donors (Lipinski definition) is 2. The minimum Gasteiger partial charge on any atom is -0.469 e. The van der Waals surface area contributed by atoms with E-state index < -0.39 is 5.54 Å². The van der Waals surface area contributed by atoms with Crippen LogP contribution in [0, 0.1) is 0 Å². The van der Waals surface area contributed by atoms with Crippen LogP contribution >= 0.6 is 23.2 Å². The highest BCUT2D eigenvalue weighted by atomic mass is 35.5. The predicted molar refractivity (Wildman–Crippen MR) is 102 cm³/mol. The molecule has 7 heteroatoms. The van der Waals surface area contributed by atoms with Crippen molar-refractivity contribution in [2.24, 2.45) is 0 Å². The molecule has 0 saturated heterocycles. The molecule has 0 fully saturated rings. The first kappa shape index (κ1) is 18.7. The van der Waals surface area contributed by atoms with Gasteiger partial charge in [0.15, 0.2) is 5.54 Å². The van der Waals surface area contributed by atoms with Gasteiger partial charge in [0.25, 0.3) is 5.91 Å². The number of amides is 1. The average Bonchev–Trinajstić information content (AvgIpc) is 2.91. The van der Waals surface area contributed by atoms with Crippen molar-refractivity contribution < 1.29 is 14.3 Å². The van der Waals surface area contributed by atoms with E-state index in [1.54, 1.807) is 24.3 Å². The summed E-state index contributed by atoms with van der Waals surface area (Å²) in [5, 5.41) is 7.18. The van der Waals surface area contributed by atoms with E-state index in [1.165, 1.54) is 7.11 Å². The second-order valence-electron chi connectivity index (χ2n) is 5.98. The molecular weight excluding hydrogens is 375 g/mol. The molecule has 1 unspecified atom stereocenters. The first-order valence-electron chi connectivity index (χ1n) is 8.17. The van der Waals surface area contributed by atoms with Gasteiger partial charge in [0.2, 0.25) is 0 Å². The Bertz CT molecular complexity index is 856. The van der Waals surface area contributed by atoms with Crippen molar-refractivity contribution in [2.75, 3.05) is 19.0 Å². The summed E-state index contributed by atoms with van der Waals surface area (Å²) in [7, 11) is 1.35. The molecule has 3 rings (SSSR count). The van der Waals surface area contributed by atoms with E-state index in [1.807, 2.05) is 18.2 Å². The Kier molecular flexibility index (Phi) is 5.51. The third kappa shape index (κ3) is 3.30. The summed E-state index contributed by atoms with van der Waals surface area (Å²) in [6, 6.07) is 12.4. The second kappa shape index (κ2) is 7.66. The zero-order valence-electron chi connectivity index (χ0n) is 14.1. The smallest absolute Gasteiger partial charge is 0.305 e. The standard InChI is InChI=1S/C19H18Cl2N2O3/c1-26-17(24)7-4-10-22-19(13-5-2-3-6-15(13)21)14-11-12(20)8-9-16(14)23-18(19)25/h2-3,5-6,8-9,11,22H,4,7,10H2,1H3,(H,23,25). The monoisotopic (exact) mass is 392 g/mol. The normalized spacial score (nSPS) is 18.3. The van der Waals surface area contributed by atoms with E-state index in [9.17, 15) is 9.59 Å². The quantitative estimate of drug-likeness (QED) is 0.580. The van der Waals surface area contributed by atoms with E-state index in [0.717, 1.165) is 0 Å². The van der Waals surface area contributed by atoms with Gasteiger partial charge in [0.05, 0.1) is 7.11 Å². The number of esters is 1. The molecule has 1 amide bonds. The summed E-state index contributed by atoms with van der Waals surface area (Å²) in [5.74, 6) is -0.529. The molecule has 0 aliphatic carbocycles. The van der Waals surface area contributed by atoms with Crippen LogP contribution in [0.15, 0.2) is 42.5 Å². The molecule has 0 bridgehead atoms. The zero-order valence-corrected chi connectivity index (χ0v) is 15.7. The third-order valence-corrected chi connectivity index (χ3v) is 4.99. The molecule has 2 aromatic carbocycles. The van der Waals surface area contributed by atoms with Crippen molar-refractivity contribution in [3.05, 3.63) is 63.6 Å². The highest BCUT2D eigenvalue weighted by Gasteiger charge is 2.49. The van der Waals surface area contributed by atoms with Gasteiger partial charge in [-0.3, -0.25) is 14.9 Å². The van der Waals surface area contributed by atoms with Crippen molar-refractivity contribution in [1.29, 1.82) is 0 Å². The Morgan fingerprint density at radius 2 is 1.96 bits per heavy atom. The molecule has 1 aliphatic heterocycles. The van der Waals surface area contributed by atoms with E-state index in [-0.39, 0.29) is 18.3 Å². The van der Waals surface area contributed by atoms with Crippen LogP contribution in [0.3, 0.4) is 0 Å². The molecule has 2 N–H and O–H groups in total. The molecular formula is C19H18Cl2N2O3. The summed E-state index contributed by atoms with van der Waals surface area (Å²) in [5.41, 5.74) is 0.855. The number of carbonyl (C=O) groups excluding carboxylic acids is 2. The van der Waals surface area contributed by atoms with Crippen LogP contribution in [0.4, 0.5) is 5.69 Å². The average molecular weight is 393 g/mol. The molecule has 5 nitrogen and oxygen atoms in total. The number of nitrogens with one attached hydrogen (secondary N) is 2. The molecule has 0 radical (unpaired) electrons. The minimum atomic E-state index is -1.17. The Morgan fingerprint density at radius 3 is 2.69 bits per heavy atom. The molecule has 26 heavy (non-hydrogen) atoms. The summed E-state index contributed by atoms with van der Waals surface area (Å²) < 4.78 is 4.66. The summed E-state index contributed by atoms with van der Waals surface area (Å²) in [4.78, 5) is 24.4. The highest BCUT2D eigenvalue weighted by Crippen LogP contribution is 2.44. The fourth-order valence-corrected chi connectivity index (χ4v) is 3.64. The number of halogens is 2. The minimum absolute atomic E-state index is 0.235. The van der Waals surface area contributed by atoms with Crippen molar-refractivity contribution in [2.45, 2.75) is 18.4 Å². The van der Waals surface area contributed by atoms with Gasteiger partial charge in [-0.15, -0.1) is 0 Å². The number of benzene rings is 2. The Balaban J connectivity index is 2.02. The number of carbonyl (C=O) groups is 2. The molecule has 0 saturated carbocycles. The fraction of sp³-hybridized carbons (Fsp3) is 0.263. The lowest BCUT2D eigenvalue weighted by atomic mass is 9.83. The summed E-state index contributed by atoms with van der Waals surface area (Å²) in [6.07, 6.45) is 0.772. The van der Waals surface area contributed by atoms with Gasteiger partial charge < -0.3 is 10.1 Å². The van der Waals surface area contributed by atoms with Crippen LogP contribution in [-0.4, -0.2) is 25.5 Å². The summed E-state index contributed by atoms with van der Waals surface area (Å²) >= 11 is 12.6. The van der Waals surface area contributed by atoms with Crippen LogP contribution in [0.25, 0.3) is 0 Å². The fourth-order valence-electron chi connectivity index (χ4n) is 3.19. The Hall–Kier alpha value is -2.08. The topological polar surface area (TPSA) is 67.4 Å². The maximum Gasteiger partial charge on any atom is 0.305 e. The molecule has 1 atom stereocenters. The molecule has 1 aliphatic rings. The first-order valence-corrected chi connectivity index (χ1v) is 8.93. The van der Waals surface area contributed by atoms with Gasteiger partial charge in [0, 0.05) is 33.3 Å². The molecule has 2 aromatic rings. The van der Waals surface area contributed by atoms with Gasteiger partial charge in [-0.1, -0.05) is 41.4 Å². The van der Waals surface area contributed by atoms with Gasteiger partial charge in [0.1, 0.15) is 0 Å². The van der Waals surface area contributed by atoms with Crippen molar-refractivity contribution in [3.63, 3.8) is 0 Å². The van der Waals surface area contributed by atoms with Crippen LogP contribution < -0.4 is 10.6 Å². The number of fused-ring (bicyclic) bond motifs is 1.